The molecule has 4 N–H and O–H groups in total. The molecule has 0 bridgehead atoms. The quantitative estimate of drug-likeness (QED) is 0.394. The van der Waals surface area contributed by atoms with E-state index in [4.69, 9.17) is 5.73 Å². The monoisotopic (exact) mass is 529 g/mol. The normalized spacial score (nSPS) is 17.3. The summed E-state index contributed by atoms with van der Waals surface area (Å²) in [4.78, 5) is 33.5. The van der Waals surface area contributed by atoms with Gasteiger partial charge in [0.1, 0.15) is 0 Å². The third-order valence-electron chi connectivity index (χ3n) is 8.00. The molecule has 1 amide bonds. The summed E-state index contributed by atoms with van der Waals surface area (Å²) < 4.78 is 0. The maximum absolute atomic E-state index is 13.6. The van der Waals surface area contributed by atoms with Crippen LogP contribution in [0.3, 0.4) is 0 Å². The third kappa shape index (κ3) is 6.78. The Morgan fingerprint density at radius 3 is 2.26 bits per heavy atom. The number of aryl methyl sites for hydroxylation is 2. The molecule has 1 saturated carbocycles. The van der Waals surface area contributed by atoms with Crippen LogP contribution in [0.15, 0.2) is 47.3 Å². The zero-order chi connectivity index (χ0) is 28.3. The zero-order valence-electron chi connectivity index (χ0n) is 24.2. The van der Waals surface area contributed by atoms with Crippen molar-refractivity contribution in [3.63, 3.8) is 0 Å². The predicted octanol–water partition coefficient (Wildman–Crippen LogP) is 4.66. The van der Waals surface area contributed by atoms with Gasteiger partial charge in [0.2, 0.25) is 0 Å². The molecule has 1 fully saturated rings. The predicted molar refractivity (Wildman–Crippen MR) is 160 cm³/mol. The van der Waals surface area contributed by atoms with E-state index in [1.54, 1.807) is 0 Å². The summed E-state index contributed by atoms with van der Waals surface area (Å²) in [5.41, 5.74) is 14.2. The molecule has 39 heavy (non-hydrogen) atoms. The molecule has 4 rings (SSSR count). The molecule has 7 nitrogen and oxygen atoms in total. The van der Waals surface area contributed by atoms with Crippen molar-refractivity contribution in [2.24, 2.45) is 5.73 Å². The van der Waals surface area contributed by atoms with Gasteiger partial charge in [-0.25, -0.2) is 0 Å². The second-order valence-electron chi connectivity index (χ2n) is 11.4. The molecule has 1 aromatic heterocycles. The highest BCUT2D eigenvalue weighted by molar-refractivity contribution is 5.99. The molecule has 2 aromatic carbocycles. The fraction of sp³-hybridized carbons (Fsp3) is 0.438. The minimum Gasteiger partial charge on any atom is -0.371 e. The minimum absolute atomic E-state index is 0.160. The number of H-pyrrole nitrogens is 1. The second kappa shape index (κ2) is 12.2. The van der Waals surface area contributed by atoms with Crippen molar-refractivity contribution >= 4 is 11.6 Å². The van der Waals surface area contributed by atoms with Crippen LogP contribution < -0.4 is 21.5 Å². The van der Waals surface area contributed by atoms with Crippen LogP contribution in [0.4, 0.5) is 5.69 Å². The topological polar surface area (TPSA) is 94.5 Å². The van der Waals surface area contributed by atoms with Gasteiger partial charge in [-0.05, 0) is 107 Å². The van der Waals surface area contributed by atoms with Gasteiger partial charge in [-0.15, -0.1) is 0 Å². The fourth-order valence-corrected chi connectivity index (χ4v) is 5.69. The lowest BCUT2D eigenvalue weighted by atomic mass is 9.89. The average Bonchev–Trinajstić information content (AvgIpc) is 2.88. The summed E-state index contributed by atoms with van der Waals surface area (Å²) in [6, 6.07) is 15.3. The zero-order valence-corrected chi connectivity index (χ0v) is 24.2. The van der Waals surface area contributed by atoms with Crippen molar-refractivity contribution in [1.29, 1.82) is 0 Å². The van der Waals surface area contributed by atoms with Crippen LogP contribution in [0, 0.1) is 20.8 Å². The minimum atomic E-state index is -0.182. The highest BCUT2D eigenvalue weighted by Crippen LogP contribution is 2.34. The molecule has 1 heterocycles. The largest absolute Gasteiger partial charge is 0.371 e. The third-order valence-corrected chi connectivity index (χ3v) is 8.00. The van der Waals surface area contributed by atoms with E-state index in [9.17, 15) is 9.59 Å². The number of nitrogens with zero attached hydrogens (tertiary/aromatic N) is 2. The van der Waals surface area contributed by atoms with Crippen LogP contribution in [-0.2, 0) is 13.1 Å². The first-order valence-corrected chi connectivity index (χ1v) is 13.9. The molecule has 0 aliphatic heterocycles. The molecular formula is C32H43N5O2. The van der Waals surface area contributed by atoms with Gasteiger partial charge >= 0.3 is 0 Å². The SMILES string of the molecule is Cc1cc(C)c(CNC(=O)c2cc(-c3ccc(CN(C)C)cc3)cc(N(C)[C@H]3CC[C@H](N)CC3)c2C)c(=O)[nH]1. The van der Waals surface area contributed by atoms with Crippen molar-refractivity contribution < 1.29 is 4.79 Å². The molecule has 0 saturated heterocycles. The lowest BCUT2D eigenvalue weighted by Crippen LogP contribution is -2.39. The van der Waals surface area contributed by atoms with Crippen molar-refractivity contribution in [3.05, 3.63) is 86.3 Å². The Bertz CT molecular complexity index is 1370. The van der Waals surface area contributed by atoms with Gasteiger partial charge in [0.05, 0.1) is 0 Å². The Kier molecular flexibility index (Phi) is 8.93. The molecule has 1 aliphatic rings. The van der Waals surface area contributed by atoms with Crippen molar-refractivity contribution in [1.82, 2.24) is 15.2 Å². The van der Waals surface area contributed by atoms with Crippen LogP contribution >= 0.6 is 0 Å². The molecule has 208 valence electrons. The standard InChI is InChI=1S/C32H43N5O2/c1-20-15-21(2)35-32(39)29(20)18-34-31(38)28-16-25(24-9-7-23(8-10-24)19-36(4)5)17-30(22(28)3)37(6)27-13-11-26(33)12-14-27/h7-10,15-17,26-27H,11-14,18-19,33H2,1-6H3,(H,34,38)(H,35,39)/t26-,27-. The molecule has 7 heteroatoms. The second-order valence-corrected chi connectivity index (χ2v) is 11.4. The number of hydrogen-bond donors (Lipinski definition) is 3. The Hall–Kier alpha value is -3.42. The van der Waals surface area contributed by atoms with Gasteiger partial charge in [-0.2, -0.15) is 0 Å². The number of pyridine rings is 1. The van der Waals surface area contributed by atoms with Crippen LogP contribution in [0.2, 0.25) is 0 Å². The molecular weight excluding hydrogens is 486 g/mol. The molecule has 1 aliphatic carbocycles. The Balaban J connectivity index is 1.69. The summed E-state index contributed by atoms with van der Waals surface area (Å²) in [5, 5.41) is 3.02. The van der Waals surface area contributed by atoms with Crippen LogP contribution in [0.1, 0.15) is 64.0 Å². The van der Waals surface area contributed by atoms with Gasteiger partial charge in [-0.3, -0.25) is 9.59 Å². The van der Waals surface area contributed by atoms with Gasteiger partial charge < -0.3 is 25.8 Å². The number of benzene rings is 2. The number of hydrogen-bond acceptors (Lipinski definition) is 5. The Labute approximate surface area is 232 Å². The number of rotatable bonds is 8. The van der Waals surface area contributed by atoms with Gasteiger partial charge in [0, 0.05) is 54.7 Å². The Morgan fingerprint density at radius 2 is 1.64 bits per heavy atom. The van der Waals surface area contributed by atoms with E-state index >= 15 is 0 Å². The fourth-order valence-electron chi connectivity index (χ4n) is 5.69. The number of carbonyl (C=O) groups is 1. The molecule has 0 unspecified atom stereocenters. The summed E-state index contributed by atoms with van der Waals surface area (Å²) in [5.74, 6) is -0.182. The van der Waals surface area contributed by atoms with Crippen molar-refractivity contribution in [2.45, 2.75) is 71.6 Å². The lowest BCUT2D eigenvalue weighted by molar-refractivity contribution is 0.0950. The van der Waals surface area contributed by atoms with E-state index < -0.39 is 0 Å². The van der Waals surface area contributed by atoms with E-state index in [0.29, 0.717) is 17.2 Å². The number of nitrogens with one attached hydrogen (secondary N) is 2. The first kappa shape index (κ1) is 28.6. The molecule has 0 spiro atoms. The molecule has 0 atom stereocenters. The molecule has 0 radical (unpaired) electrons. The summed E-state index contributed by atoms with van der Waals surface area (Å²) >= 11 is 0. The summed E-state index contributed by atoms with van der Waals surface area (Å²) in [6.07, 6.45) is 4.10. The number of nitrogens with two attached hydrogens (primary N) is 1. The van der Waals surface area contributed by atoms with Crippen molar-refractivity contribution in [3.8, 4) is 11.1 Å². The van der Waals surface area contributed by atoms with E-state index in [1.165, 1.54) is 5.56 Å². The van der Waals surface area contributed by atoms with Gasteiger partial charge in [0.25, 0.3) is 11.5 Å². The van der Waals surface area contributed by atoms with Crippen LogP contribution in [0.25, 0.3) is 11.1 Å². The highest BCUT2D eigenvalue weighted by atomic mass is 16.1. The smallest absolute Gasteiger partial charge is 0.253 e. The summed E-state index contributed by atoms with van der Waals surface area (Å²) in [7, 11) is 6.25. The lowest BCUT2D eigenvalue weighted by Gasteiger charge is -2.36. The van der Waals surface area contributed by atoms with E-state index in [2.05, 4.69) is 71.6 Å². The van der Waals surface area contributed by atoms with E-state index in [0.717, 1.165) is 65.9 Å². The first-order valence-electron chi connectivity index (χ1n) is 13.9. The highest BCUT2D eigenvalue weighted by Gasteiger charge is 2.25. The maximum atomic E-state index is 13.6. The van der Waals surface area contributed by atoms with Crippen LogP contribution in [-0.4, -0.2) is 49.0 Å². The van der Waals surface area contributed by atoms with E-state index in [1.807, 2.05) is 32.9 Å². The average molecular weight is 530 g/mol. The first-order chi connectivity index (χ1) is 18.5. The number of anilines is 1. The number of carbonyl (C=O) groups excluding carboxylic acids is 1. The molecule has 3 aromatic rings. The maximum Gasteiger partial charge on any atom is 0.253 e. The number of aromatic nitrogens is 1. The Morgan fingerprint density at radius 1 is 0.974 bits per heavy atom. The number of amides is 1. The van der Waals surface area contributed by atoms with E-state index in [-0.39, 0.29) is 24.1 Å². The summed E-state index contributed by atoms with van der Waals surface area (Å²) in [6.45, 7) is 6.82. The van der Waals surface area contributed by atoms with Gasteiger partial charge in [-0.1, -0.05) is 24.3 Å². The number of aromatic amines is 1. The van der Waals surface area contributed by atoms with Crippen LogP contribution in [0.5, 0.6) is 0 Å². The van der Waals surface area contributed by atoms with Crippen molar-refractivity contribution in [2.75, 3.05) is 26.0 Å². The van der Waals surface area contributed by atoms with Gasteiger partial charge in [0.15, 0.2) is 0 Å².